The molecule has 2 unspecified atom stereocenters. The third-order valence-corrected chi connectivity index (χ3v) is 3.24. The second kappa shape index (κ2) is 7.73. The van der Waals surface area contributed by atoms with E-state index in [0.717, 1.165) is 12.2 Å². The van der Waals surface area contributed by atoms with Gasteiger partial charge in [0, 0.05) is 6.42 Å². The Morgan fingerprint density at radius 2 is 2.00 bits per heavy atom. The van der Waals surface area contributed by atoms with Gasteiger partial charge in [-0.3, -0.25) is 0 Å². The van der Waals surface area contributed by atoms with Crippen LogP contribution in [0.2, 0.25) is 0 Å². The van der Waals surface area contributed by atoms with E-state index in [4.69, 9.17) is 10.00 Å². The van der Waals surface area contributed by atoms with Gasteiger partial charge in [0.05, 0.1) is 18.7 Å². The van der Waals surface area contributed by atoms with Crippen molar-refractivity contribution in [3.05, 3.63) is 29.8 Å². The molecule has 1 aromatic carbocycles. The summed E-state index contributed by atoms with van der Waals surface area (Å²) in [5.74, 6) is 1.46. The lowest BCUT2D eigenvalue weighted by Gasteiger charge is -2.12. The van der Waals surface area contributed by atoms with Crippen LogP contribution >= 0.6 is 0 Å². The van der Waals surface area contributed by atoms with Gasteiger partial charge in [0.2, 0.25) is 0 Å². The fourth-order valence-corrected chi connectivity index (χ4v) is 1.70. The molecule has 0 heterocycles. The second-order valence-corrected chi connectivity index (χ2v) is 4.49. The predicted octanol–water partition coefficient (Wildman–Crippen LogP) is 3.08. The summed E-state index contributed by atoms with van der Waals surface area (Å²) < 4.78 is 5.62. The van der Waals surface area contributed by atoms with Gasteiger partial charge in [-0.2, -0.15) is 5.26 Å². The maximum absolute atomic E-state index is 8.78. The van der Waals surface area contributed by atoms with E-state index in [0.29, 0.717) is 18.9 Å². The van der Waals surface area contributed by atoms with E-state index in [1.54, 1.807) is 7.05 Å². The van der Waals surface area contributed by atoms with Crippen molar-refractivity contribution in [1.29, 1.82) is 5.26 Å². The topological polar surface area (TPSA) is 45.0 Å². The molecule has 1 rings (SSSR count). The molecule has 0 aromatic heterocycles. The first kappa shape index (κ1) is 14.5. The summed E-state index contributed by atoms with van der Waals surface area (Å²) in [7, 11) is 1.79. The van der Waals surface area contributed by atoms with Gasteiger partial charge >= 0.3 is 0 Å². The van der Waals surface area contributed by atoms with Gasteiger partial charge in [-0.05, 0) is 37.1 Å². The highest BCUT2D eigenvalue weighted by molar-refractivity contribution is 5.29. The van der Waals surface area contributed by atoms with E-state index < -0.39 is 0 Å². The SMILES string of the molecule is CCC(C)c1ccc(OCCC(C#N)NC)cc1. The number of nitrogens with zero attached hydrogens (tertiary/aromatic N) is 1. The Hall–Kier alpha value is -1.53. The molecule has 98 valence electrons. The third kappa shape index (κ3) is 4.38. The van der Waals surface area contributed by atoms with Crippen LogP contribution < -0.4 is 10.1 Å². The highest BCUT2D eigenvalue weighted by Gasteiger charge is 2.05. The molecule has 0 aliphatic heterocycles. The average molecular weight is 246 g/mol. The molecule has 0 bridgehead atoms. The lowest BCUT2D eigenvalue weighted by atomic mass is 9.99. The number of benzene rings is 1. The molecule has 1 N–H and O–H groups in total. The van der Waals surface area contributed by atoms with Crippen molar-refractivity contribution in [3.8, 4) is 11.8 Å². The van der Waals surface area contributed by atoms with Gasteiger partial charge in [-0.1, -0.05) is 26.0 Å². The van der Waals surface area contributed by atoms with Gasteiger partial charge < -0.3 is 10.1 Å². The molecule has 1 aromatic rings. The molecule has 2 atom stereocenters. The van der Waals surface area contributed by atoms with Crippen molar-refractivity contribution in [2.45, 2.75) is 38.6 Å². The summed E-state index contributed by atoms with van der Waals surface area (Å²) in [6, 6.07) is 10.3. The molecular weight excluding hydrogens is 224 g/mol. The second-order valence-electron chi connectivity index (χ2n) is 4.49. The molecular formula is C15H22N2O. The molecule has 3 heteroatoms. The van der Waals surface area contributed by atoms with Crippen molar-refractivity contribution in [2.75, 3.05) is 13.7 Å². The Labute approximate surface area is 110 Å². The summed E-state index contributed by atoms with van der Waals surface area (Å²) in [5.41, 5.74) is 1.34. The Balaban J connectivity index is 2.42. The van der Waals surface area contributed by atoms with E-state index in [2.05, 4.69) is 37.4 Å². The molecule has 18 heavy (non-hydrogen) atoms. The van der Waals surface area contributed by atoms with Crippen molar-refractivity contribution in [1.82, 2.24) is 5.32 Å². The Morgan fingerprint density at radius 1 is 1.33 bits per heavy atom. The van der Waals surface area contributed by atoms with Gasteiger partial charge in [-0.25, -0.2) is 0 Å². The summed E-state index contributed by atoms with van der Waals surface area (Å²) >= 11 is 0. The first-order valence-corrected chi connectivity index (χ1v) is 6.50. The maximum atomic E-state index is 8.78. The normalized spacial score (nSPS) is 13.7. The van der Waals surface area contributed by atoms with Crippen LogP contribution in [0.5, 0.6) is 5.75 Å². The predicted molar refractivity (Wildman–Crippen MR) is 73.7 cm³/mol. The first-order chi connectivity index (χ1) is 8.71. The van der Waals surface area contributed by atoms with Gasteiger partial charge in [0.15, 0.2) is 0 Å². The van der Waals surface area contributed by atoms with Crippen LogP contribution in [0, 0.1) is 11.3 Å². The third-order valence-electron chi connectivity index (χ3n) is 3.24. The van der Waals surface area contributed by atoms with E-state index in [-0.39, 0.29) is 6.04 Å². The van der Waals surface area contributed by atoms with Crippen molar-refractivity contribution in [3.63, 3.8) is 0 Å². The molecule has 0 spiro atoms. The van der Waals surface area contributed by atoms with Crippen molar-refractivity contribution < 1.29 is 4.74 Å². The number of hydrogen-bond acceptors (Lipinski definition) is 3. The van der Waals surface area contributed by atoms with Crippen LogP contribution in [-0.4, -0.2) is 19.7 Å². The van der Waals surface area contributed by atoms with Crippen molar-refractivity contribution in [2.24, 2.45) is 0 Å². The Bertz CT molecular complexity index is 380. The highest BCUT2D eigenvalue weighted by atomic mass is 16.5. The number of ether oxygens (including phenoxy) is 1. The van der Waals surface area contributed by atoms with Crippen LogP contribution in [0.25, 0.3) is 0 Å². The molecule has 0 saturated heterocycles. The van der Waals surface area contributed by atoms with E-state index in [1.807, 2.05) is 12.1 Å². The summed E-state index contributed by atoms with van der Waals surface area (Å²) in [5, 5.41) is 11.7. The van der Waals surface area contributed by atoms with Gasteiger partial charge in [0.25, 0.3) is 0 Å². The minimum Gasteiger partial charge on any atom is -0.493 e. The van der Waals surface area contributed by atoms with Crippen LogP contribution in [0.3, 0.4) is 0 Å². The van der Waals surface area contributed by atoms with Crippen LogP contribution in [0.4, 0.5) is 0 Å². The fourth-order valence-electron chi connectivity index (χ4n) is 1.70. The molecule has 0 aliphatic carbocycles. The van der Waals surface area contributed by atoms with E-state index in [1.165, 1.54) is 5.56 Å². The van der Waals surface area contributed by atoms with Crippen molar-refractivity contribution >= 4 is 0 Å². The molecule has 0 radical (unpaired) electrons. The molecule has 0 amide bonds. The summed E-state index contributed by atoms with van der Waals surface area (Å²) in [4.78, 5) is 0. The molecule has 0 saturated carbocycles. The molecule has 3 nitrogen and oxygen atoms in total. The van der Waals surface area contributed by atoms with Gasteiger partial charge in [-0.15, -0.1) is 0 Å². The number of nitrogens with one attached hydrogen (secondary N) is 1. The number of rotatable bonds is 7. The Kier molecular flexibility index (Phi) is 6.24. The van der Waals surface area contributed by atoms with Crippen LogP contribution in [0.1, 0.15) is 38.2 Å². The van der Waals surface area contributed by atoms with Crippen LogP contribution in [-0.2, 0) is 0 Å². The zero-order valence-electron chi connectivity index (χ0n) is 11.4. The minimum absolute atomic E-state index is 0.135. The lowest BCUT2D eigenvalue weighted by molar-refractivity contribution is 0.300. The largest absolute Gasteiger partial charge is 0.493 e. The van der Waals surface area contributed by atoms with E-state index >= 15 is 0 Å². The zero-order chi connectivity index (χ0) is 13.4. The quantitative estimate of drug-likeness (QED) is 0.804. The number of nitriles is 1. The monoisotopic (exact) mass is 246 g/mol. The summed E-state index contributed by atoms with van der Waals surface area (Å²) in [6.45, 7) is 4.97. The zero-order valence-corrected chi connectivity index (χ0v) is 11.4. The average Bonchev–Trinajstić information content (AvgIpc) is 2.43. The standard InChI is InChI=1S/C15H22N2O/c1-4-12(2)13-5-7-15(8-6-13)18-10-9-14(11-16)17-3/h5-8,12,14,17H,4,9-10H2,1-3H3. The minimum atomic E-state index is -0.135. The van der Waals surface area contributed by atoms with E-state index in [9.17, 15) is 0 Å². The summed E-state index contributed by atoms with van der Waals surface area (Å²) in [6.07, 6.45) is 1.84. The first-order valence-electron chi connectivity index (χ1n) is 6.50. The lowest BCUT2D eigenvalue weighted by Crippen LogP contribution is -2.25. The van der Waals surface area contributed by atoms with Crippen LogP contribution in [0.15, 0.2) is 24.3 Å². The van der Waals surface area contributed by atoms with Gasteiger partial charge in [0.1, 0.15) is 5.75 Å². The fraction of sp³-hybridized carbons (Fsp3) is 0.533. The smallest absolute Gasteiger partial charge is 0.119 e. The molecule has 0 aliphatic rings. The maximum Gasteiger partial charge on any atom is 0.119 e. The highest BCUT2D eigenvalue weighted by Crippen LogP contribution is 2.21. The number of hydrogen-bond donors (Lipinski definition) is 1. The Morgan fingerprint density at radius 3 is 2.50 bits per heavy atom. The molecule has 0 fully saturated rings.